The van der Waals surface area contributed by atoms with Crippen molar-refractivity contribution < 1.29 is 13.9 Å². The molecule has 4 heteroatoms. The minimum atomic E-state index is -0.562. The van der Waals surface area contributed by atoms with E-state index in [4.69, 9.17) is 14.7 Å². The van der Waals surface area contributed by atoms with Crippen LogP contribution in [0.15, 0.2) is 18.2 Å². The van der Waals surface area contributed by atoms with Crippen LogP contribution < -0.4 is 4.74 Å². The first kappa shape index (κ1) is 13.5. The lowest BCUT2D eigenvalue weighted by molar-refractivity contribution is 0.0817. The van der Waals surface area contributed by atoms with Gasteiger partial charge in [-0.3, -0.25) is 0 Å². The van der Waals surface area contributed by atoms with Gasteiger partial charge in [-0.25, -0.2) is 4.39 Å². The molecule has 0 bridgehead atoms. The quantitative estimate of drug-likeness (QED) is 0.714. The standard InChI is InChI=1S/C13H16FNO2/c1-10(2)9-16-6-7-17-13-5-3-4-12(14)11(13)8-15/h3-5,10H,6-7,9H2,1-2H3. The molecular weight excluding hydrogens is 221 g/mol. The van der Waals surface area contributed by atoms with Crippen molar-refractivity contribution in [3.05, 3.63) is 29.6 Å². The Bertz CT molecular complexity index is 399. The van der Waals surface area contributed by atoms with Crippen LogP contribution in [0.25, 0.3) is 0 Å². The summed E-state index contributed by atoms with van der Waals surface area (Å²) in [6, 6.07) is 6.11. The van der Waals surface area contributed by atoms with Gasteiger partial charge < -0.3 is 9.47 Å². The second-order valence-electron chi connectivity index (χ2n) is 4.04. The third-order valence-electron chi connectivity index (χ3n) is 2.02. The largest absolute Gasteiger partial charge is 0.490 e. The Morgan fingerprint density at radius 2 is 2.12 bits per heavy atom. The van der Waals surface area contributed by atoms with Crippen LogP contribution in [-0.4, -0.2) is 19.8 Å². The molecule has 0 heterocycles. The Morgan fingerprint density at radius 3 is 2.76 bits per heavy atom. The van der Waals surface area contributed by atoms with E-state index in [0.29, 0.717) is 25.7 Å². The van der Waals surface area contributed by atoms with Crippen LogP contribution in [-0.2, 0) is 4.74 Å². The second-order valence-corrected chi connectivity index (χ2v) is 4.04. The van der Waals surface area contributed by atoms with Crippen LogP contribution in [0.1, 0.15) is 19.4 Å². The van der Waals surface area contributed by atoms with Gasteiger partial charge in [-0.2, -0.15) is 5.26 Å². The number of rotatable bonds is 6. The van der Waals surface area contributed by atoms with Crippen molar-refractivity contribution in [2.45, 2.75) is 13.8 Å². The van der Waals surface area contributed by atoms with Gasteiger partial charge in [0, 0.05) is 6.61 Å². The molecule has 0 saturated heterocycles. The molecule has 1 aromatic rings. The molecule has 1 rings (SSSR count). The van der Waals surface area contributed by atoms with Crippen LogP contribution in [0.3, 0.4) is 0 Å². The maximum Gasteiger partial charge on any atom is 0.144 e. The highest BCUT2D eigenvalue weighted by molar-refractivity contribution is 5.43. The van der Waals surface area contributed by atoms with E-state index < -0.39 is 5.82 Å². The lowest BCUT2D eigenvalue weighted by Gasteiger charge is -2.09. The zero-order valence-electron chi connectivity index (χ0n) is 10.1. The summed E-state index contributed by atoms with van der Waals surface area (Å²) in [6.45, 7) is 5.52. The van der Waals surface area contributed by atoms with E-state index in [9.17, 15) is 4.39 Å². The molecule has 0 aliphatic heterocycles. The molecule has 0 aromatic heterocycles. The fourth-order valence-corrected chi connectivity index (χ4v) is 1.26. The molecular formula is C13H16FNO2. The summed E-state index contributed by atoms with van der Waals surface area (Å²) in [5.41, 5.74) is -0.0589. The second kappa shape index (κ2) is 6.87. The van der Waals surface area contributed by atoms with Gasteiger partial charge in [-0.05, 0) is 18.1 Å². The number of hydrogen-bond acceptors (Lipinski definition) is 3. The predicted octanol–water partition coefficient (Wildman–Crippen LogP) is 2.75. The van der Waals surface area contributed by atoms with E-state index in [1.54, 1.807) is 12.1 Å². The maximum absolute atomic E-state index is 13.2. The Labute approximate surface area is 101 Å². The lowest BCUT2D eigenvalue weighted by Crippen LogP contribution is -2.10. The summed E-state index contributed by atoms with van der Waals surface area (Å²) in [5, 5.41) is 8.77. The molecule has 0 N–H and O–H groups in total. The molecule has 0 spiro atoms. The Morgan fingerprint density at radius 1 is 1.35 bits per heavy atom. The summed E-state index contributed by atoms with van der Waals surface area (Å²) in [7, 11) is 0. The van der Waals surface area contributed by atoms with Gasteiger partial charge in [-0.15, -0.1) is 0 Å². The molecule has 0 fully saturated rings. The zero-order valence-corrected chi connectivity index (χ0v) is 10.1. The van der Waals surface area contributed by atoms with Crippen molar-refractivity contribution in [2.24, 2.45) is 5.92 Å². The van der Waals surface area contributed by atoms with Gasteiger partial charge in [0.2, 0.25) is 0 Å². The van der Waals surface area contributed by atoms with Crippen LogP contribution in [0, 0.1) is 23.1 Å². The first-order chi connectivity index (χ1) is 8.15. The number of ether oxygens (including phenoxy) is 2. The minimum absolute atomic E-state index is 0.0589. The van der Waals surface area contributed by atoms with Crippen LogP contribution in [0.5, 0.6) is 5.75 Å². The molecule has 17 heavy (non-hydrogen) atoms. The first-order valence-electron chi connectivity index (χ1n) is 5.54. The van der Waals surface area contributed by atoms with Crippen molar-refractivity contribution in [1.29, 1.82) is 5.26 Å². The third-order valence-corrected chi connectivity index (χ3v) is 2.02. The molecule has 0 saturated carbocycles. The van der Waals surface area contributed by atoms with Gasteiger partial charge in [0.05, 0.1) is 6.61 Å². The third kappa shape index (κ3) is 4.41. The fourth-order valence-electron chi connectivity index (χ4n) is 1.26. The SMILES string of the molecule is CC(C)COCCOc1cccc(F)c1C#N. The molecule has 0 aliphatic rings. The predicted molar refractivity (Wildman–Crippen MR) is 62.3 cm³/mol. The summed E-state index contributed by atoms with van der Waals surface area (Å²) in [5.74, 6) is 0.174. The smallest absolute Gasteiger partial charge is 0.144 e. The van der Waals surface area contributed by atoms with E-state index in [1.807, 2.05) is 0 Å². The maximum atomic E-state index is 13.2. The van der Waals surface area contributed by atoms with E-state index in [2.05, 4.69) is 13.8 Å². The van der Waals surface area contributed by atoms with E-state index in [-0.39, 0.29) is 11.3 Å². The minimum Gasteiger partial charge on any atom is -0.490 e. The molecule has 0 atom stereocenters. The Kier molecular flexibility index (Phi) is 5.44. The number of nitrogens with zero attached hydrogens (tertiary/aromatic N) is 1. The van der Waals surface area contributed by atoms with Gasteiger partial charge in [0.1, 0.15) is 29.8 Å². The molecule has 3 nitrogen and oxygen atoms in total. The van der Waals surface area contributed by atoms with Crippen molar-refractivity contribution >= 4 is 0 Å². The summed E-state index contributed by atoms with van der Waals surface area (Å²) in [6.07, 6.45) is 0. The van der Waals surface area contributed by atoms with Gasteiger partial charge in [-0.1, -0.05) is 19.9 Å². The average Bonchev–Trinajstić information content (AvgIpc) is 2.28. The molecule has 0 aliphatic carbocycles. The first-order valence-corrected chi connectivity index (χ1v) is 5.54. The number of benzene rings is 1. The van der Waals surface area contributed by atoms with Gasteiger partial charge >= 0.3 is 0 Å². The van der Waals surface area contributed by atoms with Crippen molar-refractivity contribution in [2.75, 3.05) is 19.8 Å². The highest BCUT2D eigenvalue weighted by Gasteiger charge is 2.08. The number of halogens is 1. The molecule has 1 aromatic carbocycles. The van der Waals surface area contributed by atoms with E-state index in [1.165, 1.54) is 12.1 Å². The summed E-state index contributed by atoms with van der Waals surface area (Å²) >= 11 is 0. The molecule has 0 unspecified atom stereocenters. The Hall–Kier alpha value is -1.60. The monoisotopic (exact) mass is 237 g/mol. The topological polar surface area (TPSA) is 42.2 Å². The van der Waals surface area contributed by atoms with Gasteiger partial charge in [0.15, 0.2) is 0 Å². The number of nitriles is 1. The molecule has 0 amide bonds. The number of hydrogen-bond donors (Lipinski definition) is 0. The normalized spacial score (nSPS) is 10.3. The zero-order chi connectivity index (χ0) is 12.7. The van der Waals surface area contributed by atoms with Crippen LogP contribution in [0.2, 0.25) is 0 Å². The average molecular weight is 237 g/mol. The van der Waals surface area contributed by atoms with Crippen LogP contribution >= 0.6 is 0 Å². The summed E-state index contributed by atoms with van der Waals surface area (Å²) in [4.78, 5) is 0. The summed E-state index contributed by atoms with van der Waals surface area (Å²) < 4.78 is 23.8. The highest BCUT2D eigenvalue weighted by atomic mass is 19.1. The van der Waals surface area contributed by atoms with Gasteiger partial charge in [0.25, 0.3) is 0 Å². The lowest BCUT2D eigenvalue weighted by atomic mass is 10.2. The Balaban J connectivity index is 2.42. The van der Waals surface area contributed by atoms with Crippen molar-refractivity contribution in [1.82, 2.24) is 0 Å². The van der Waals surface area contributed by atoms with Crippen molar-refractivity contribution in [3.8, 4) is 11.8 Å². The fraction of sp³-hybridized carbons (Fsp3) is 0.462. The van der Waals surface area contributed by atoms with Crippen molar-refractivity contribution in [3.63, 3.8) is 0 Å². The molecule has 0 radical (unpaired) electrons. The highest BCUT2D eigenvalue weighted by Crippen LogP contribution is 2.20. The van der Waals surface area contributed by atoms with E-state index in [0.717, 1.165) is 0 Å². The van der Waals surface area contributed by atoms with E-state index >= 15 is 0 Å². The van der Waals surface area contributed by atoms with Crippen LogP contribution in [0.4, 0.5) is 4.39 Å². The molecule has 92 valence electrons.